The Labute approximate surface area is 145 Å². The molecule has 1 N–H and O–H groups in total. The number of nitrogens with zero attached hydrogens (tertiary/aromatic N) is 2. The van der Waals surface area contributed by atoms with Crippen LogP contribution in [-0.2, 0) is 4.79 Å². The number of hydrogen-bond donors (Lipinski definition) is 1. The molecule has 2 fully saturated rings. The lowest BCUT2D eigenvalue weighted by molar-refractivity contribution is -0.133. The van der Waals surface area contributed by atoms with Gasteiger partial charge in [-0.2, -0.15) is 0 Å². The minimum atomic E-state index is -0.863. The molecule has 2 heterocycles. The van der Waals surface area contributed by atoms with E-state index in [0.29, 0.717) is 36.5 Å². The van der Waals surface area contributed by atoms with Gasteiger partial charge in [0, 0.05) is 29.7 Å². The topological polar surface area (TPSA) is 69.7 Å². The molecule has 4 amide bonds. The average Bonchev–Trinajstić information content (AvgIpc) is 2.78. The maximum Gasteiger partial charge on any atom is 0.325 e. The van der Waals surface area contributed by atoms with E-state index >= 15 is 0 Å². The highest BCUT2D eigenvalue weighted by Gasteiger charge is 2.53. The van der Waals surface area contributed by atoms with Gasteiger partial charge < -0.3 is 10.2 Å². The van der Waals surface area contributed by atoms with E-state index in [4.69, 9.17) is 11.6 Å². The van der Waals surface area contributed by atoms with Crippen molar-refractivity contribution in [3.63, 3.8) is 0 Å². The van der Waals surface area contributed by atoms with Gasteiger partial charge in [-0.05, 0) is 51.0 Å². The van der Waals surface area contributed by atoms with E-state index in [1.165, 1.54) is 4.90 Å². The molecular formula is C17H20ClN3O3. The second-order valence-corrected chi connectivity index (χ2v) is 7.02. The molecule has 1 aromatic rings. The number of carbonyl (C=O) groups is 3. The number of likely N-dealkylation sites (tertiary alicyclic amines) is 1. The molecule has 2 aliphatic rings. The number of rotatable bonds is 2. The lowest BCUT2D eigenvalue weighted by atomic mass is 9.87. The smallest absolute Gasteiger partial charge is 0.325 e. The SMILES string of the molecule is CC(C)N1C(=O)NC2(CCN(C(=O)c3ccc(Cl)cc3)CC2)C1=O. The predicted octanol–water partition coefficient (Wildman–Crippen LogP) is 2.28. The molecule has 0 aliphatic carbocycles. The zero-order valence-electron chi connectivity index (χ0n) is 13.7. The van der Waals surface area contributed by atoms with Crippen LogP contribution in [0.3, 0.4) is 0 Å². The van der Waals surface area contributed by atoms with Gasteiger partial charge in [-0.1, -0.05) is 11.6 Å². The van der Waals surface area contributed by atoms with E-state index in [1.54, 1.807) is 29.2 Å². The summed E-state index contributed by atoms with van der Waals surface area (Å²) in [5.41, 5.74) is -0.293. The predicted molar refractivity (Wildman–Crippen MR) is 89.8 cm³/mol. The van der Waals surface area contributed by atoms with Crippen molar-refractivity contribution in [2.45, 2.75) is 38.3 Å². The molecule has 6 nitrogen and oxygen atoms in total. The van der Waals surface area contributed by atoms with Crippen molar-refractivity contribution in [3.05, 3.63) is 34.9 Å². The van der Waals surface area contributed by atoms with Crippen LogP contribution >= 0.6 is 11.6 Å². The Hall–Kier alpha value is -2.08. The quantitative estimate of drug-likeness (QED) is 0.833. The molecule has 7 heteroatoms. The summed E-state index contributed by atoms with van der Waals surface area (Å²) < 4.78 is 0. The summed E-state index contributed by atoms with van der Waals surface area (Å²) in [5, 5.41) is 3.42. The molecular weight excluding hydrogens is 330 g/mol. The highest BCUT2D eigenvalue weighted by Crippen LogP contribution is 2.31. The molecule has 0 saturated carbocycles. The highest BCUT2D eigenvalue weighted by molar-refractivity contribution is 6.30. The zero-order valence-corrected chi connectivity index (χ0v) is 14.5. The third-order valence-corrected chi connectivity index (χ3v) is 4.96. The summed E-state index contributed by atoms with van der Waals surface area (Å²) in [7, 11) is 0. The van der Waals surface area contributed by atoms with Crippen LogP contribution in [0, 0.1) is 0 Å². The highest BCUT2D eigenvalue weighted by atomic mass is 35.5. The summed E-state index contributed by atoms with van der Waals surface area (Å²) >= 11 is 5.85. The third kappa shape index (κ3) is 2.75. The van der Waals surface area contributed by atoms with Gasteiger partial charge in [-0.15, -0.1) is 0 Å². The molecule has 2 saturated heterocycles. The average molecular weight is 350 g/mol. The molecule has 0 unspecified atom stereocenters. The number of nitrogens with one attached hydrogen (secondary N) is 1. The fraction of sp³-hybridized carbons (Fsp3) is 0.471. The van der Waals surface area contributed by atoms with Crippen molar-refractivity contribution in [3.8, 4) is 0 Å². The van der Waals surface area contributed by atoms with Gasteiger partial charge in [0.1, 0.15) is 5.54 Å². The van der Waals surface area contributed by atoms with Crippen LogP contribution < -0.4 is 5.32 Å². The molecule has 0 atom stereocenters. The van der Waals surface area contributed by atoms with Crippen LogP contribution in [0.5, 0.6) is 0 Å². The van der Waals surface area contributed by atoms with Gasteiger partial charge in [0.05, 0.1) is 0 Å². The Kier molecular flexibility index (Phi) is 4.25. The minimum Gasteiger partial charge on any atom is -0.338 e. The zero-order chi connectivity index (χ0) is 17.5. The van der Waals surface area contributed by atoms with Crippen molar-refractivity contribution in [1.29, 1.82) is 0 Å². The summed E-state index contributed by atoms with van der Waals surface area (Å²) in [4.78, 5) is 40.2. The van der Waals surface area contributed by atoms with Gasteiger partial charge >= 0.3 is 6.03 Å². The number of hydrogen-bond acceptors (Lipinski definition) is 3. The fourth-order valence-corrected chi connectivity index (χ4v) is 3.44. The van der Waals surface area contributed by atoms with Gasteiger partial charge in [0.2, 0.25) is 0 Å². The van der Waals surface area contributed by atoms with E-state index in [0.717, 1.165) is 0 Å². The number of amides is 4. The summed E-state index contributed by atoms with van der Waals surface area (Å²) in [6, 6.07) is 6.23. The first-order valence-electron chi connectivity index (χ1n) is 8.05. The minimum absolute atomic E-state index is 0.0843. The number of benzene rings is 1. The lowest BCUT2D eigenvalue weighted by Gasteiger charge is -2.37. The van der Waals surface area contributed by atoms with Crippen molar-refractivity contribution in [2.24, 2.45) is 0 Å². The van der Waals surface area contributed by atoms with E-state index in [1.807, 2.05) is 13.8 Å². The Bertz CT molecular complexity index is 679. The maximum atomic E-state index is 12.6. The lowest BCUT2D eigenvalue weighted by Crippen LogP contribution is -2.56. The van der Waals surface area contributed by atoms with Crippen LogP contribution in [0.25, 0.3) is 0 Å². The number of urea groups is 1. The van der Waals surface area contributed by atoms with Crippen LogP contribution in [0.2, 0.25) is 5.02 Å². The van der Waals surface area contributed by atoms with Gasteiger partial charge in [0.25, 0.3) is 11.8 Å². The number of imide groups is 1. The Morgan fingerprint density at radius 1 is 1.17 bits per heavy atom. The van der Waals surface area contributed by atoms with Crippen molar-refractivity contribution < 1.29 is 14.4 Å². The Balaban J connectivity index is 1.70. The first-order chi connectivity index (χ1) is 11.3. The molecule has 24 heavy (non-hydrogen) atoms. The second kappa shape index (κ2) is 6.09. The molecule has 128 valence electrons. The van der Waals surface area contributed by atoms with Crippen LogP contribution in [-0.4, -0.2) is 52.3 Å². The second-order valence-electron chi connectivity index (χ2n) is 6.58. The maximum absolute atomic E-state index is 12.6. The Morgan fingerprint density at radius 3 is 2.25 bits per heavy atom. The van der Waals surface area contributed by atoms with Crippen LogP contribution in [0.1, 0.15) is 37.0 Å². The first kappa shape index (κ1) is 16.8. The van der Waals surface area contributed by atoms with E-state index in [2.05, 4.69) is 5.32 Å². The molecule has 1 aromatic carbocycles. The van der Waals surface area contributed by atoms with Gasteiger partial charge in [0.15, 0.2) is 0 Å². The summed E-state index contributed by atoms with van der Waals surface area (Å²) in [6.45, 7) is 4.49. The number of carbonyl (C=O) groups excluding carboxylic acids is 3. The molecule has 2 aliphatic heterocycles. The van der Waals surface area contributed by atoms with Crippen LogP contribution in [0.4, 0.5) is 4.79 Å². The largest absolute Gasteiger partial charge is 0.338 e. The monoisotopic (exact) mass is 349 g/mol. The fourth-order valence-electron chi connectivity index (χ4n) is 3.32. The van der Waals surface area contributed by atoms with Crippen molar-refractivity contribution in [2.75, 3.05) is 13.1 Å². The molecule has 0 radical (unpaired) electrons. The molecule has 3 rings (SSSR count). The molecule has 0 bridgehead atoms. The summed E-state index contributed by atoms with van der Waals surface area (Å²) in [5.74, 6) is -0.264. The van der Waals surface area contributed by atoms with Gasteiger partial charge in [-0.25, -0.2) is 4.79 Å². The standard InChI is InChI=1S/C17H20ClN3O3/c1-11(2)21-15(23)17(19-16(21)24)7-9-20(10-8-17)14(22)12-3-5-13(18)6-4-12/h3-6,11H,7-10H2,1-2H3,(H,19,24). The normalized spacial score (nSPS) is 20.0. The van der Waals surface area contributed by atoms with Crippen molar-refractivity contribution in [1.82, 2.24) is 15.1 Å². The van der Waals surface area contributed by atoms with E-state index < -0.39 is 5.54 Å². The number of piperidine rings is 1. The van der Waals surface area contributed by atoms with Crippen molar-refractivity contribution >= 4 is 29.4 Å². The molecule has 1 spiro atoms. The number of halogens is 1. The van der Waals surface area contributed by atoms with Gasteiger partial charge in [-0.3, -0.25) is 14.5 Å². The van der Waals surface area contributed by atoms with Crippen LogP contribution in [0.15, 0.2) is 24.3 Å². The van der Waals surface area contributed by atoms with E-state index in [9.17, 15) is 14.4 Å². The summed E-state index contributed by atoms with van der Waals surface area (Å²) in [6.07, 6.45) is 0.861. The third-order valence-electron chi connectivity index (χ3n) is 4.70. The first-order valence-corrected chi connectivity index (χ1v) is 8.42. The molecule has 0 aromatic heterocycles. The van der Waals surface area contributed by atoms with E-state index in [-0.39, 0.29) is 23.9 Å². The Morgan fingerprint density at radius 2 is 1.75 bits per heavy atom.